The minimum atomic E-state index is -0.501. The fourth-order valence-corrected chi connectivity index (χ4v) is 4.86. The van der Waals surface area contributed by atoms with Gasteiger partial charge in [-0.05, 0) is 83.7 Å². The van der Waals surface area contributed by atoms with Crippen molar-refractivity contribution < 1.29 is 9.59 Å². The molecule has 0 radical (unpaired) electrons. The molecule has 6 nitrogen and oxygen atoms in total. The zero-order chi connectivity index (χ0) is 21.9. The molecule has 0 bridgehead atoms. The summed E-state index contributed by atoms with van der Waals surface area (Å²) in [6.07, 6.45) is 3.88. The number of nitrogens with zero attached hydrogens (tertiary/aromatic N) is 2. The van der Waals surface area contributed by atoms with E-state index in [1.165, 1.54) is 24.8 Å². The van der Waals surface area contributed by atoms with Gasteiger partial charge in [0, 0.05) is 17.7 Å². The number of piperidine rings is 1. The molecule has 2 aromatic carbocycles. The number of fused-ring (bicyclic) bond motifs is 1. The molecule has 2 aliphatic rings. The number of rotatable bonds is 5. The summed E-state index contributed by atoms with van der Waals surface area (Å²) in [5, 5.41) is 10.8. The summed E-state index contributed by atoms with van der Waals surface area (Å²) in [6, 6.07) is 15.6. The molecule has 1 saturated heterocycles. The first-order chi connectivity index (χ1) is 15.7. The average molecular weight is 445 g/mol. The van der Waals surface area contributed by atoms with Gasteiger partial charge in [0.1, 0.15) is 0 Å². The van der Waals surface area contributed by atoms with E-state index in [1.54, 1.807) is 17.4 Å². The van der Waals surface area contributed by atoms with E-state index in [0.29, 0.717) is 11.1 Å². The second-order valence-corrected chi connectivity index (χ2v) is 8.94. The van der Waals surface area contributed by atoms with E-state index < -0.39 is 11.8 Å². The Bertz CT molecular complexity index is 1160. The van der Waals surface area contributed by atoms with Crippen molar-refractivity contribution >= 4 is 34.6 Å². The van der Waals surface area contributed by atoms with Gasteiger partial charge >= 0.3 is 0 Å². The molecule has 0 spiro atoms. The Balaban J connectivity index is 1.36. The molecule has 7 heteroatoms. The van der Waals surface area contributed by atoms with Crippen LogP contribution in [0.2, 0.25) is 0 Å². The van der Waals surface area contributed by atoms with Crippen LogP contribution in [-0.4, -0.2) is 35.5 Å². The lowest BCUT2D eigenvalue weighted by molar-refractivity contribution is -0.114. The van der Waals surface area contributed by atoms with Crippen LogP contribution in [0.4, 0.5) is 5.69 Å². The van der Waals surface area contributed by atoms with Crippen molar-refractivity contribution in [3.05, 3.63) is 76.0 Å². The van der Waals surface area contributed by atoms with Gasteiger partial charge in [-0.3, -0.25) is 25.2 Å². The smallest absolute Gasteiger partial charge is 0.279 e. The van der Waals surface area contributed by atoms with Crippen molar-refractivity contribution in [1.82, 2.24) is 10.2 Å². The highest BCUT2D eigenvalue weighted by Crippen LogP contribution is 2.27. The summed E-state index contributed by atoms with van der Waals surface area (Å²) >= 11 is 1.60. The number of imide groups is 1. The van der Waals surface area contributed by atoms with Crippen LogP contribution >= 0.6 is 11.3 Å². The molecule has 5 rings (SSSR count). The quantitative estimate of drug-likeness (QED) is 0.449. The standard InChI is InChI=1S/C25H24N4O2S/c30-24-21-9-6-18(19-10-13-32-16-19)14-22(21)23(25(31)26-24)28-27-20-7-4-17(5-8-20)15-29-11-2-1-3-12-29/h4-10,13-14,16,27H,1-3,11-12,15H2,(H,26,30,31). The van der Waals surface area contributed by atoms with E-state index in [-0.39, 0.29) is 5.71 Å². The number of likely N-dealkylation sites (tertiary alicyclic amines) is 1. The molecule has 2 N–H and O–H groups in total. The highest BCUT2D eigenvalue weighted by atomic mass is 32.1. The first kappa shape index (κ1) is 20.6. The highest BCUT2D eigenvalue weighted by Gasteiger charge is 2.29. The molecule has 162 valence electrons. The molecular formula is C25H24N4O2S. The molecular weight excluding hydrogens is 420 g/mol. The van der Waals surface area contributed by atoms with E-state index in [9.17, 15) is 9.59 Å². The molecule has 0 aliphatic carbocycles. The van der Waals surface area contributed by atoms with Crippen LogP contribution in [0.1, 0.15) is 40.7 Å². The molecule has 1 fully saturated rings. The third-order valence-corrected chi connectivity index (χ3v) is 6.60. The van der Waals surface area contributed by atoms with Crippen LogP contribution in [0.25, 0.3) is 11.1 Å². The Labute approximate surface area is 191 Å². The van der Waals surface area contributed by atoms with Gasteiger partial charge in [-0.25, -0.2) is 0 Å². The average Bonchev–Trinajstić information content (AvgIpc) is 3.35. The molecule has 2 amide bonds. The van der Waals surface area contributed by atoms with Gasteiger partial charge in [-0.2, -0.15) is 16.4 Å². The van der Waals surface area contributed by atoms with Crippen LogP contribution in [0, 0.1) is 0 Å². The third kappa shape index (κ3) is 4.35. The van der Waals surface area contributed by atoms with E-state index in [0.717, 1.165) is 36.4 Å². The Hall–Kier alpha value is -3.29. The number of thiophene rings is 1. The Morgan fingerprint density at radius 2 is 1.72 bits per heavy atom. The van der Waals surface area contributed by atoms with Gasteiger partial charge in [-0.15, -0.1) is 0 Å². The number of carbonyl (C=O) groups excluding carboxylic acids is 2. The number of benzene rings is 2. The van der Waals surface area contributed by atoms with Crippen LogP contribution < -0.4 is 10.7 Å². The second kappa shape index (κ2) is 9.06. The maximum Gasteiger partial charge on any atom is 0.279 e. The summed E-state index contributed by atoms with van der Waals surface area (Å²) in [5.74, 6) is -0.901. The van der Waals surface area contributed by atoms with Crippen molar-refractivity contribution in [3.8, 4) is 11.1 Å². The van der Waals surface area contributed by atoms with Crippen LogP contribution in [0.15, 0.2) is 64.4 Å². The normalized spacial score (nSPS) is 17.8. The van der Waals surface area contributed by atoms with Crippen molar-refractivity contribution in [3.63, 3.8) is 0 Å². The van der Waals surface area contributed by atoms with Crippen molar-refractivity contribution in [2.45, 2.75) is 25.8 Å². The second-order valence-electron chi connectivity index (χ2n) is 8.16. The first-order valence-corrected chi connectivity index (χ1v) is 11.8. The molecule has 0 atom stereocenters. The first-order valence-electron chi connectivity index (χ1n) is 10.8. The Morgan fingerprint density at radius 1 is 0.906 bits per heavy atom. The van der Waals surface area contributed by atoms with E-state index in [2.05, 4.69) is 32.9 Å². The number of amides is 2. The predicted octanol–water partition coefficient (Wildman–Crippen LogP) is 4.49. The van der Waals surface area contributed by atoms with Gasteiger partial charge in [-0.1, -0.05) is 24.6 Å². The number of carbonyl (C=O) groups is 2. The van der Waals surface area contributed by atoms with Crippen LogP contribution in [-0.2, 0) is 11.3 Å². The summed E-state index contributed by atoms with van der Waals surface area (Å²) in [4.78, 5) is 27.3. The predicted molar refractivity (Wildman–Crippen MR) is 128 cm³/mol. The third-order valence-electron chi connectivity index (χ3n) is 5.92. The number of hydrogen-bond donors (Lipinski definition) is 2. The van der Waals surface area contributed by atoms with E-state index in [4.69, 9.17) is 0 Å². The fourth-order valence-electron chi connectivity index (χ4n) is 4.19. The Kier molecular flexibility index (Phi) is 5.83. The van der Waals surface area contributed by atoms with Crippen molar-refractivity contribution in [2.75, 3.05) is 18.5 Å². The number of hydrogen-bond acceptors (Lipinski definition) is 6. The maximum atomic E-state index is 12.6. The van der Waals surface area contributed by atoms with Gasteiger partial charge < -0.3 is 0 Å². The molecule has 3 aromatic rings. The SMILES string of the molecule is O=C1NC(=O)c2ccc(-c3ccsc3)cc2C1=NNc1ccc(CN2CCCCC2)cc1. The van der Waals surface area contributed by atoms with Gasteiger partial charge in [0.25, 0.3) is 11.8 Å². The number of anilines is 1. The van der Waals surface area contributed by atoms with Crippen molar-refractivity contribution in [1.29, 1.82) is 0 Å². The number of nitrogens with one attached hydrogen (secondary N) is 2. The summed E-state index contributed by atoms with van der Waals surface area (Å²) in [6.45, 7) is 3.28. The lowest BCUT2D eigenvalue weighted by Gasteiger charge is -2.26. The fraction of sp³-hybridized carbons (Fsp3) is 0.240. The lowest BCUT2D eigenvalue weighted by atomic mass is 9.94. The molecule has 2 aliphatic heterocycles. The molecule has 3 heterocycles. The van der Waals surface area contributed by atoms with Gasteiger partial charge in [0.15, 0.2) is 5.71 Å². The Morgan fingerprint density at radius 3 is 2.47 bits per heavy atom. The molecule has 0 unspecified atom stereocenters. The maximum absolute atomic E-state index is 12.6. The van der Waals surface area contributed by atoms with Crippen molar-refractivity contribution in [2.24, 2.45) is 5.10 Å². The zero-order valence-electron chi connectivity index (χ0n) is 17.6. The summed E-state index contributed by atoms with van der Waals surface area (Å²) in [7, 11) is 0. The monoisotopic (exact) mass is 444 g/mol. The minimum Gasteiger partial charge on any atom is -0.299 e. The topological polar surface area (TPSA) is 73.8 Å². The van der Waals surface area contributed by atoms with Gasteiger partial charge in [0.2, 0.25) is 0 Å². The minimum absolute atomic E-state index is 0.203. The van der Waals surface area contributed by atoms with Crippen LogP contribution in [0.5, 0.6) is 0 Å². The largest absolute Gasteiger partial charge is 0.299 e. The summed E-state index contributed by atoms with van der Waals surface area (Å²) in [5.41, 5.74) is 8.22. The molecule has 1 aromatic heterocycles. The molecule has 0 saturated carbocycles. The van der Waals surface area contributed by atoms with Crippen LogP contribution in [0.3, 0.4) is 0 Å². The zero-order valence-corrected chi connectivity index (χ0v) is 18.5. The van der Waals surface area contributed by atoms with E-state index >= 15 is 0 Å². The summed E-state index contributed by atoms with van der Waals surface area (Å²) < 4.78 is 0. The number of hydrazone groups is 1. The van der Waals surface area contributed by atoms with E-state index in [1.807, 2.05) is 41.1 Å². The highest BCUT2D eigenvalue weighted by molar-refractivity contribution is 7.08. The van der Waals surface area contributed by atoms with Gasteiger partial charge in [0.05, 0.1) is 5.69 Å². The lowest BCUT2D eigenvalue weighted by Crippen LogP contribution is -2.42. The molecule has 32 heavy (non-hydrogen) atoms.